The van der Waals surface area contributed by atoms with Crippen LogP contribution in [0.15, 0.2) is 0 Å². The predicted octanol–water partition coefficient (Wildman–Crippen LogP) is 2.02. The Morgan fingerprint density at radius 1 is 1.11 bits per heavy atom. The van der Waals surface area contributed by atoms with Gasteiger partial charge < -0.3 is 14.9 Å². The van der Waals surface area contributed by atoms with Crippen molar-refractivity contribution < 1.29 is 14.7 Å². The second-order valence-electron chi connectivity index (χ2n) is 5.99. The van der Waals surface area contributed by atoms with E-state index in [9.17, 15) is 9.59 Å². The average molecular weight is 268 g/mol. The van der Waals surface area contributed by atoms with Gasteiger partial charge in [0, 0.05) is 33.1 Å². The monoisotopic (exact) mass is 268 g/mol. The smallest absolute Gasteiger partial charge is 0.319 e. The zero-order valence-corrected chi connectivity index (χ0v) is 11.7. The van der Waals surface area contributed by atoms with Gasteiger partial charge in [0.2, 0.25) is 0 Å². The van der Waals surface area contributed by atoms with Crippen molar-refractivity contribution in [2.24, 2.45) is 11.8 Å². The molecule has 0 aromatic carbocycles. The Kier molecular flexibility index (Phi) is 4.66. The number of rotatable bonds is 8. The molecule has 0 atom stereocenters. The molecular weight excluding hydrogens is 244 g/mol. The number of hydrogen-bond donors (Lipinski definition) is 1. The number of amides is 2. The van der Waals surface area contributed by atoms with Crippen LogP contribution in [0.1, 0.15) is 38.5 Å². The first-order chi connectivity index (χ1) is 9.06. The first-order valence-corrected chi connectivity index (χ1v) is 7.28. The van der Waals surface area contributed by atoms with Crippen LogP contribution < -0.4 is 0 Å². The van der Waals surface area contributed by atoms with Gasteiger partial charge in [-0.2, -0.15) is 0 Å². The molecule has 0 aromatic rings. The number of carbonyl (C=O) groups is 2. The van der Waals surface area contributed by atoms with Gasteiger partial charge in [-0.25, -0.2) is 4.79 Å². The van der Waals surface area contributed by atoms with Gasteiger partial charge in [0.15, 0.2) is 0 Å². The molecule has 5 nitrogen and oxygen atoms in total. The maximum atomic E-state index is 12.3. The summed E-state index contributed by atoms with van der Waals surface area (Å²) in [4.78, 5) is 26.5. The molecule has 0 saturated heterocycles. The first kappa shape index (κ1) is 14.2. The van der Waals surface area contributed by atoms with E-state index < -0.39 is 5.97 Å². The highest BCUT2D eigenvalue weighted by molar-refractivity contribution is 5.74. The third kappa shape index (κ3) is 5.09. The van der Waals surface area contributed by atoms with Crippen molar-refractivity contribution in [3.63, 3.8) is 0 Å². The van der Waals surface area contributed by atoms with E-state index in [4.69, 9.17) is 5.11 Å². The first-order valence-electron chi connectivity index (χ1n) is 7.28. The van der Waals surface area contributed by atoms with Crippen molar-refractivity contribution in [2.45, 2.75) is 38.5 Å². The van der Waals surface area contributed by atoms with E-state index in [1.54, 1.807) is 11.9 Å². The fourth-order valence-electron chi connectivity index (χ4n) is 2.26. The van der Waals surface area contributed by atoms with Crippen molar-refractivity contribution in [2.75, 3.05) is 26.7 Å². The Bertz CT molecular complexity index is 324. The quantitative estimate of drug-likeness (QED) is 0.732. The summed E-state index contributed by atoms with van der Waals surface area (Å²) < 4.78 is 0. The largest absolute Gasteiger partial charge is 0.481 e. The van der Waals surface area contributed by atoms with E-state index in [0.717, 1.165) is 13.1 Å². The van der Waals surface area contributed by atoms with Crippen LogP contribution in [0.3, 0.4) is 0 Å². The highest BCUT2D eigenvalue weighted by Gasteiger charge is 2.32. The molecule has 19 heavy (non-hydrogen) atoms. The number of urea groups is 1. The highest BCUT2D eigenvalue weighted by Crippen LogP contribution is 2.34. The van der Waals surface area contributed by atoms with E-state index in [1.807, 2.05) is 4.90 Å². The maximum absolute atomic E-state index is 12.3. The van der Waals surface area contributed by atoms with Gasteiger partial charge in [0.25, 0.3) is 0 Å². The zero-order valence-electron chi connectivity index (χ0n) is 11.7. The molecule has 0 heterocycles. The Hall–Kier alpha value is -1.26. The second-order valence-corrected chi connectivity index (χ2v) is 5.99. The van der Waals surface area contributed by atoms with E-state index in [0.29, 0.717) is 24.8 Å². The Labute approximate surface area is 114 Å². The summed E-state index contributed by atoms with van der Waals surface area (Å²) in [5, 5.41) is 8.61. The van der Waals surface area contributed by atoms with Crippen LogP contribution in [0, 0.1) is 11.8 Å². The van der Waals surface area contributed by atoms with E-state index in [2.05, 4.69) is 0 Å². The van der Waals surface area contributed by atoms with E-state index in [-0.39, 0.29) is 12.5 Å². The fourth-order valence-corrected chi connectivity index (χ4v) is 2.26. The van der Waals surface area contributed by atoms with Gasteiger partial charge >= 0.3 is 12.0 Å². The number of carbonyl (C=O) groups excluding carboxylic acids is 1. The average Bonchev–Trinajstić information content (AvgIpc) is 3.21. The summed E-state index contributed by atoms with van der Waals surface area (Å²) in [6, 6.07) is 0.0733. The third-order valence-corrected chi connectivity index (χ3v) is 3.83. The van der Waals surface area contributed by atoms with Crippen LogP contribution in [0.25, 0.3) is 0 Å². The maximum Gasteiger partial charge on any atom is 0.319 e. The molecule has 0 unspecified atom stereocenters. The minimum absolute atomic E-state index is 0.0733. The van der Waals surface area contributed by atoms with Gasteiger partial charge in [0.05, 0.1) is 0 Å². The van der Waals surface area contributed by atoms with Crippen LogP contribution in [0.5, 0.6) is 0 Å². The predicted molar refractivity (Wildman–Crippen MR) is 71.9 cm³/mol. The molecule has 0 spiro atoms. The molecule has 2 aliphatic rings. The minimum Gasteiger partial charge on any atom is -0.481 e. The molecule has 108 valence electrons. The molecule has 2 aliphatic carbocycles. The topological polar surface area (TPSA) is 60.9 Å². The fraction of sp³-hybridized carbons (Fsp3) is 0.857. The van der Waals surface area contributed by atoms with Crippen LogP contribution in [-0.2, 0) is 4.79 Å². The second kappa shape index (κ2) is 6.26. The summed E-state index contributed by atoms with van der Waals surface area (Å²) in [6.45, 7) is 2.30. The Morgan fingerprint density at radius 2 is 1.63 bits per heavy atom. The summed E-state index contributed by atoms with van der Waals surface area (Å²) in [5.41, 5.74) is 0. The van der Waals surface area contributed by atoms with Gasteiger partial charge in [-0.05, 0) is 43.9 Å². The molecule has 0 radical (unpaired) electrons. The number of nitrogens with zero attached hydrogens (tertiary/aromatic N) is 2. The molecule has 1 N–H and O–H groups in total. The molecule has 0 bridgehead atoms. The summed E-state index contributed by atoms with van der Waals surface area (Å²) in [7, 11) is 1.77. The van der Waals surface area contributed by atoms with Crippen LogP contribution in [-0.4, -0.2) is 53.6 Å². The minimum atomic E-state index is -0.798. The molecule has 2 amide bonds. The van der Waals surface area contributed by atoms with Crippen molar-refractivity contribution in [3.8, 4) is 0 Å². The van der Waals surface area contributed by atoms with Crippen LogP contribution >= 0.6 is 0 Å². The molecule has 0 aliphatic heterocycles. The van der Waals surface area contributed by atoms with Crippen molar-refractivity contribution >= 4 is 12.0 Å². The molecule has 0 aromatic heterocycles. The zero-order chi connectivity index (χ0) is 13.8. The van der Waals surface area contributed by atoms with E-state index in [1.165, 1.54) is 25.7 Å². The van der Waals surface area contributed by atoms with Gasteiger partial charge in [-0.15, -0.1) is 0 Å². The highest BCUT2D eigenvalue weighted by atomic mass is 16.4. The van der Waals surface area contributed by atoms with Crippen molar-refractivity contribution in [1.82, 2.24) is 9.80 Å². The third-order valence-electron chi connectivity index (χ3n) is 3.83. The lowest BCUT2D eigenvalue weighted by Crippen LogP contribution is -2.43. The van der Waals surface area contributed by atoms with Crippen molar-refractivity contribution in [1.29, 1.82) is 0 Å². The molecule has 2 saturated carbocycles. The lowest BCUT2D eigenvalue weighted by molar-refractivity contribution is -0.137. The van der Waals surface area contributed by atoms with Crippen LogP contribution in [0.2, 0.25) is 0 Å². The Balaban J connectivity index is 1.76. The summed E-state index contributed by atoms with van der Waals surface area (Å²) in [5.74, 6) is 0.610. The number of aliphatic carboxylic acids is 1. The summed E-state index contributed by atoms with van der Waals surface area (Å²) >= 11 is 0. The van der Waals surface area contributed by atoms with E-state index >= 15 is 0 Å². The van der Waals surface area contributed by atoms with Crippen LogP contribution in [0.4, 0.5) is 4.79 Å². The SMILES string of the molecule is CN(CCCC(=O)O)C(=O)N(CC1CC1)CC1CC1. The lowest BCUT2D eigenvalue weighted by atomic mass is 10.3. The number of carboxylic acids is 1. The number of carboxylic acid groups (broad SMARTS) is 1. The standard InChI is InChI=1S/C14H24N2O3/c1-15(8-2-3-13(17)18)14(19)16(9-11-4-5-11)10-12-6-7-12/h11-12H,2-10H2,1H3,(H,17,18). The normalized spacial score (nSPS) is 18.2. The van der Waals surface area contributed by atoms with Crippen molar-refractivity contribution in [3.05, 3.63) is 0 Å². The molecule has 2 rings (SSSR count). The number of hydrogen-bond acceptors (Lipinski definition) is 2. The summed E-state index contributed by atoms with van der Waals surface area (Å²) in [6.07, 6.45) is 5.64. The molecule has 5 heteroatoms. The molecular formula is C14H24N2O3. The van der Waals surface area contributed by atoms with Gasteiger partial charge in [-0.1, -0.05) is 0 Å². The van der Waals surface area contributed by atoms with Gasteiger partial charge in [0.1, 0.15) is 0 Å². The molecule has 2 fully saturated rings. The van der Waals surface area contributed by atoms with Gasteiger partial charge in [-0.3, -0.25) is 4.79 Å². The lowest BCUT2D eigenvalue weighted by Gasteiger charge is -2.28. The Morgan fingerprint density at radius 3 is 2.05 bits per heavy atom.